The van der Waals surface area contributed by atoms with Crippen LogP contribution in [0.15, 0.2) is 85.2 Å². The predicted octanol–water partition coefficient (Wildman–Crippen LogP) is 3.62. The van der Waals surface area contributed by atoms with Crippen molar-refractivity contribution in [3.05, 3.63) is 107 Å². The van der Waals surface area contributed by atoms with Crippen LogP contribution >= 0.6 is 0 Å². The van der Waals surface area contributed by atoms with E-state index in [4.69, 9.17) is 0 Å². The van der Waals surface area contributed by atoms with Crippen molar-refractivity contribution in [2.24, 2.45) is 5.92 Å². The molecule has 3 aliphatic heterocycles. The number of fused-ring (bicyclic) bond motifs is 2. The molecule has 6 rings (SSSR count). The van der Waals surface area contributed by atoms with Gasteiger partial charge in [-0.1, -0.05) is 0 Å². The van der Waals surface area contributed by atoms with Gasteiger partial charge in [0.2, 0.25) is 10.0 Å². The van der Waals surface area contributed by atoms with Gasteiger partial charge >= 0.3 is 0 Å². The Morgan fingerprint density at radius 1 is 0.978 bits per heavy atom. The minimum absolute atomic E-state index is 0.0719. The Balaban J connectivity index is 1.36. The summed E-state index contributed by atoms with van der Waals surface area (Å²) in [5, 5.41) is 12.7. The number of benzene rings is 1. The van der Waals surface area contributed by atoms with Crippen molar-refractivity contribution in [3.8, 4) is 6.07 Å². The zero-order valence-corrected chi connectivity index (χ0v) is 26.0. The number of allylic oxidation sites excluding steroid dienone is 1. The molecule has 3 aliphatic rings. The number of nitriles is 1. The van der Waals surface area contributed by atoms with Crippen molar-refractivity contribution < 1.29 is 18.0 Å². The molecule has 0 aliphatic carbocycles. The van der Waals surface area contributed by atoms with E-state index in [0.717, 1.165) is 24.0 Å². The highest BCUT2D eigenvalue weighted by atomic mass is 32.2. The van der Waals surface area contributed by atoms with E-state index >= 15 is 0 Å². The molecule has 2 bridgehead atoms. The number of carbonyl (C=O) groups excluding carboxylic acids is 2. The topological polar surface area (TPSA) is 136 Å². The van der Waals surface area contributed by atoms with Gasteiger partial charge in [0.25, 0.3) is 5.91 Å². The van der Waals surface area contributed by atoms with E-state index in [9.17, 15) is 23.3 Å². The molecule has 45 heavy (non-hydrogen) atoms. The fourth-order valence-corrected chi connectivity index (χ4v) is 8.79. The largest absolute Gasteiger partial charge is 0.357 e. The highest BCUT2D eigenvalue weighted by Gasteiger charge is 2.52. The van der Waals surface area contributed by atoms with Gasteiger partial charge < -0.3 is 5.32 Å². The maximum absolute atomic E-state index is 14.7. The lowest BCUT2D eigenvalue weighted by atomic mass is 9.84. The Hall–Kier alpha value is -4.40. The van der Waals surface area contributed by atoms with Gasteiger partial charge in [-0.2, -0.15) is 9.57 Å². The first-order valence-corrected chi connectivity index (χ1v) is 17.0. The van der Waals surface area contributed by atoms with Gasteiger partial charge in [-0.25, -0.2) is 8.42 Å². The average molecular weight is 625 g/mol. The van der Waals surface area contributed by atoms with Crippen molar-refractivity contribution in [1.82, 2.24) is 24.5 Å². The van der Waals surface area contributed by atoms with Crippen LogP contribution in [0.25, 0.3) is 0 Å². The molecule has 1 N–H and O–H groups in total. The van der Waals surface area contributed by atoms with Gasteiger partial charge in [0.05, 0.1) is 17.4 Å². The summed E-state index contributed by atoms with van der Waals surface area (Å²) in [7, 11) is -3.31. The molecule has 10 nitrogen and oxygen atoms in total. The summed E-state index contributed by atoms with van der Waals surface area (Å²) < 4.78 is 27.5. The molecule has 0 spiro atoms. The first-order chi connectivity index (χ1) is 21.7. The number of aromatic nitrogens is 2. The lowest BCUT2D eigenvalue weighted by Gasteiger charge is -2.39. The predicted molar refractivity (Wildman–Crippen MR) is 168 cm³/mol. The lowest BCUT2D eigenvalue weighted by molar-refractivity contribution is -0.132. The van der Waals surface area contributed by atoms with Gasteiger partial charge in [-0.15, -0.1) is 0 Å². The zero-order valence-electron chi connectivity index (χ0n) is 25.2. The van der Waals surface area contributed by atoms with E-state index in [1.165, 1.54) is 6.08 Å². The summed E-state index contributed by atoms with van der Waals surface area (Å²) in [6, 6.07) is 15.9. The molecule has 5 heterocycles. The van der Waals surface area contributed by atoms with Crippen molar-refractivity contribution >= 4 is 21.7 Å². The van der Waals surface area contributed by atoms with E-state index in [-0.39, 0.29) is 35.4 Å². The van der Waals surface area contributed by atoms with Crippen LogP contribution in [0.5, 0.6) is 0 Å². The van der Waals surface area contributed by atoms with Crippen LogP contribution < -0.4 is 5.32 Å². The van der Waals surface area contributed by atoms with Crippen LogP contribution in [-0.2, 0) is 27.7 Å². The van der Waals surface area contributed by atoms with Gasteiger partial charge in [0.1, 0.15) is 11.4 Å². The summed E-state index contributed by atoms with van der Waals surface area (Å²) in [4.78, 5) is 38.2. The highest BCUT2D eigenvalue weighted by Crippen LogP contribution is 2.42. The summed E-state index contributed by atoms with van der Waals surface area (Å²) in [5.74, 6) is 0.158. The minimum atomic E-state index is -3.31. The number of pyridine rings is 2. The Labute approximate surface area is 263 Å². The lowest BCUT2D eigenvalue weighted by Crippen LogP contribution is -2.52. The van der Waals surface area contributed by atoms with Gasteiger partial charge in [0, 0.05) is 67.9 Å². The Morgan fingerprint density at radius 3 is 2.04 bits per heavy atom. The monoisotopic (exact) mass is 624 g/mol. The third kappa shape index (κ3) is 6.26. The number of hydrogen-bond acceptors (Lipinski definition) is 8. The molecule has 0 radical (unpaired) electrons. The molecule has 2 unspecified atom stereocenters. The highest BCUT2D eigenvalue weighted by molar-refractivity contribution is 7.89. The fraction of sp³-hybridized carbons (Fsp3) is 0.382. The van der Waals surface area contributed by atoms with Crippen LogP contribution in [0.2, 0.25) is 0 Å². The third-order valence-electron chi connectivity index (χ3n) is 9.28. The number of piperidine rings is 1. The number of carbonyl (C=O) groups is 2. The zero-order chi connectivity index (χ0) is 31.6. The van der Waals surface area contributed by atoms with Crippen molar-refractivity contribution in [3.63, 3.8) is 0 Å². The van der Waals surface area contributed by atoms with Crippen molar-refractivity contribution in [2.75, 3.05) is 12.3 Å². The fourth-order valence-electron chi connectivity index (χ4n) is 7.20. The Bertz CT molecular complexity index is 1680. The quantitative estimate of drug-likeness (QED) is 0.267. The number of ketones is 1. The number of sulfonamides is 1. The van der Waals surface area contributed by atoms with Crippen LogP contribution in [0.1, 0.15) is 59.7 Å². The van der Waals surface area contributed by atoms with E-state index < -0.39 is 15.6 Å². The van der Waals surface area contributed by atoms with E-state index in [1.807, 2.05) is 24.3 Å². The Morgan fingerprint density at radius 2 is 1.53 bits per heavy atom. The van der Waals surface area contributed by atoms with Gasteiger partial charge in [-0.05, 0) is 98.2 Å². The number of nitrogens with one attached hydrogen (secondary N) is 1. The first-order valence-electron chi connectivity index (χ1n) is 15.4. The molecule has 3 saturated heterocycles. The second-order valence-electron chi connectivity index (χ2n) is 12.2. The van der Waals surface area contributed by atoms with E-state index in [1.54, 1.807) is 65.2 Å². The normalized spacial score (nSPS) is 23.6. The average Bonchev–Trinajstić information content (AvgIpc) is 3.47. The minimum Gasteiger partial charge on any atom is -0.357 e. The Kier molecular flexibility index (Phi) is 8.53. The molecule has 232 valence electrons. The maximum atomic E-state index is 14.7. The molecule has 2 atom stereocenters. The number of hydrogen-bond donors (Lipinski definition) is 1. The number of nitrogens with zero attached hydrogens (tertiary/aromatic N) is 5. The summed E-state index contributed by atoms with van der Waals surface area (Å²) in [5.41, 5.74) is 1.64. The van der Waals surface area contributed by atoms with Crippen molar-refractivity contribution in [1.29, 1.82) is 5.26 Å². The van der Waals surface area contributed by atoms with Crippen molar-refractivity contribution in [2.45, 2.75) is 63.1 Å². The van der Waals surface area contributed by atoms with Crippen LogP contribution in [0.4, 0.5) is 0 Å². The second kappa shape index (κ2) is 12.5. The summed E-state index contributed by atoms with van der Waals surface area (Å²) in [6.45, 7) is 2.06. The van der Waals surface area contributed by atoms with Crippen LogP contribution in [0, 0.1) is 17.2 Å². The third-order valence-corrected chi connectivity index (χ3v) is 11.2. The molecule has 2 aromatic heterocycles. The smallest absolute Gasteiger partial charge is 0.254 e. The number of rotatable bonds is 10. The molecule has 3 aromatic rings. The molecular weight excluding hydrogens is 588 g/mol. The van der Waals surface area contributed by atoms with Crippen LogP contribution in [0.3, 0.4) is 0 Å². The molecule has 11 heteroatoms. The van der Waals surface area contributed by atoms with Gasteiger partial charge in [0.15, 0.2) is 5.78 Å². The summed E-state index contributed by atoms with van der Waals surface area (Å²) >= 11 is 0. The second-order valence-corrected chi connectivity index (χ2v) is 14.4. The summed E-state index contributed by atoms with van der Waals surface area (Å²) in [6.07, 6.45) is 12.0. The molecular formula is C34H36N6O4S. The first kappa shape index (κ1) is 30.6. The van der Waals surface area contributed by atoms with Crippen LogP contribution in [-0.4, -0.2) is 69.2 Å². The molecule has 1 amide bonds. The molecule has 0 saturated carbocycles. The molecule has 1 aromatic carbocycles. The van der Waals surface area contributed by atoms with Gasteiger partial charge in [-0.3, -0.25) is 24.5 Å². The maximum Gasteiger partial charge on any atom is 0.254 e. The SMILES string of the molecule is CCS(=O)(=O)N1C2CCC1CC(CN1C(=O)C(Cc3ccncc3)(Cc3ccncc3)NC1=CC(=O)c1ccc(C#N)cc1)C2. The van der Waals surface area contributed by atoms with E-state index in [2.05, 4.69) is 21.4 Å². The number of amides is 1. The molecule has 3 fully saturated rings. The standard InChI is InChI=1S/C34H36N6O4S/c1-2-45(43,44)40-29-7-8-30(40)18-27(17-29)23-39-32(19-31(41)28-5-3-26(22-35)4-6-28)38-34(33(39)42,20-24-9-13-36-14-10-24)21-25-11-15-37-16-12-25/h3-6,9-16,19,27,29-30,38H,2,7-8,17-18,20-21,23H2,1H3. The van der Waals surface area contributed by atoms with E-state index in [0.29, 0.717) is 49.2 Å².